The molecule has 0 radical (unpaired) electrons. The van der Waals surface area contributed by atoms with Crippen molar-refractivity contribution in [2.75, 3.05) is 25.0 Å². The maximum absolute atomic E-state index is 12.7. The summed E-state index contributed by atoms with van der Waals surface area (Å²) in [5.74, 6) is -4.38. The molecule has 4 nitrogen and oxygen atoms in total. The molecule has 0 spiro atoms. The van der Waals surface area contributed by atoms with E-state index in [1.54, 1.807) is 24.3 Å². The van der Waals surface area contributed by atoms with E-state index in [-0.39, 0.29) is 18.4 Å². The van der Waals surface area contributed by atoms with Crippen molar-refractivity contribution in [2.24, 2.45) is 5.92 Å². The Morgan fingerprint density at radius 1 is 1.43 bits per heavy atom. The maximum Gasteiger partial charge on any atom is 0.330 e. The Labute approximate surface area is 131 Å². The number of ether oxygens (including phenoxy) is 1. The van der Waals surface area contributed by atoms with Gasteiger partial charge in [-0.05, 0) is 30.7 Å². The van der Waals surface area contributed by atoms with E-state index in [0.717, 1.165) is 13.0 Å². The van der Waals surface area contributed by atoms with Crippen LogP contribution in [0.1, 0.15) is 12.0 Å². The molecule has 0 saturated carbocycles. The first kappa shape index (κ1) is 17.7. The predicted molar refractivity (Wildman–Crippen MR) is 76.7 cm³/mol. The van der Waals surface area contributed by atoms with Crippen LogP contribution in [0.4, 0.5) is 23.2 Å². The smallest absolute Gasteiger partial charge is 0.330 e. The van der Waals surface area contributed by atoms with Gasteiger partial charge in [0, 0.05) is 12.2 Å². The lowest BCUT2D eigenvalue weighted by Crippen LogP contribution is -2.32. The number of amides is 1. The Balaban J connectivity index is 1.86. The highest BCUT2D eigenvalue weighted by atomic mass is 19.3. The number of rotatable bonds is 7. The van der Waals surface area contributed by atoms with Crippen LogP contribution in [0.15, 0.2) is 24.3 Å². The van der Waals surface area contributed by atoms with Crippen molar-refractivity contribution in [3.63, 3.8) is 0 Å². The van der Waals surface area contributed by atoms with Gasteiger partial charge in [-0.1, -0.05) is 12.1 Å². The van der Waals surface area contributed by atoms with Crippen LogP contribution in [0, 0.1) is 5.92 Å². The Kier molecular flexibility index (Phi) is 5.95. The highest BCUT2D eigenvalue weighted by Crippen LogP contribution is 2.23. The van der Waals surface area contributed by atoms with Gasteiger partial charge >= 0.3 is 12.3 Å². The first-order valence-corrected chi connectivity index (χ1v) is 7.23. The summed E-state index contributed by atoms with van der Waals surface area (Å²) >= 11 is 0. The molecular weight excluding hydrogens is 316 g/mol. The lowest BCUT2D eigenvalue weighted by Gasteiger charge is -2.15. The molecule has 1 aliphatic heterocycles. The summed E-state index contributed by atoms with van der Waals surface area (Å²) in [6.45, 7) is -0.173. The van der Waals surface area contributed by atoms with Crippen LogP contribution in [0.2, 0.25) is 0 Å². The first-order chi connectivity index (χ1) is 10.9. The number of carbonyl (C=O) groups is 1. The fourth-order valence-electron chi connectivity index (χ4n) is 2.23. The van der Waals surface area contributed by atoms with Crippen molar-refractivity contribution in [3.05, 3.63) is 29.8 Å². The van der Waals surface area contributed by atoms with Crippen molar-refractivity contribution in [2.45, 2.75) is 25.4 Å². The lowest BCUT2D eigenvalue weighted by molar-refractivity contribution is -0.168. The molecule has 0 aromatic heterocycles. The van der Waals surface area contributed by atoms with Gasteiger partial charge in [0.25, 0.3) is 0 Å². The molecule has 1 atom stereocenters. The molecule has 2 N–H and O–H groups in total. The van der Waals surface area contributed by atoms with Gasteiger partial charge in [0.2, 0.25) is 5.91 Å². The van der Waals surface area contributed by atoms with E-state index in [0.29, 0.717) is 17.8 Å². The molecular formula is C15H18F4N2O2. The lowest BCUT2D eigenvalue weighted by atomic mass is 10.1. The summed E-state index contributed by atoms with van der Waals surface area (Å²) in [6, 6.07) is 6.47. The van der Waals surface area contributed by atoms with E-state index in [4.69, 9.17) is 0 Å². The van der Waals surface area contributed by atoms with Gasteiger partial charge in [-0.15, -0.1) is 0 Å². The standard InChI is InChI=1S/C15H18F4N2O2/c16-14(17)15(18,19)9-23-8-10-2-1-3-12(6-10)21-13(22)11-4-5-20-7-11/h1-3,6,11,14,20H,4-5,7-9H2,(H,21,22). The Morgan fingerprint density at radius 2 is 2.22 bits per heavy atom. The number of carbonyl (C=O) groups excluding carboxylic acids is 1. The molecule has 1 fully saturated rings. The number of anilines is 1. The van der Waals surface area contributed by atoms with Crippen molar-refractivity contribution in [1.29, 1.82) is 0 Å². The molecule has 23 heavy (non-hydrogen) atoms. The van der Waals surface area contributed by atoms with Gasteiger partial charge in [-0.3, -0.25) is 4.79 Å². The van der Waals surface area contributed by atoms with E-state index in [1.165, 1.54) is 0 Å². The zero-order valence-electron chi connectivity index (χ0n) is 12.3. The minimum atomic E-state index is -4.17. The molecule has 1 unspecified atom stereocenters. The second-order valence-corrected chi connectivity index (χ2v) is 5.43. The van der Waals surface area contributed by atoms with Gasteiger partial charge in [-0.25, -0.2) is 8.78 Å². The number of nitrogens with one attached hydrogen (secondary N) is 2. The number of benzene rings is 1. The van der Waals surface area contributed by atoms with Crippen molar-refractivity contribution in [1.82, 2.24) is 5.32 Å². The minimum Gasteiger partial charge on any atom is -0.370 e. The van der Waals surface area contributed by atoms with Crippen molar-refractivity contribution < 1.29 is 27.1 Å². The number of halogens is 4. The molecule has 1 saturated heterocycles. The minimum absolute atomic E-state index is 0.0976. The highest BCUT2D eigenvalue weighted by Gasteiger charge is 2.40. The SMILES string of the molecule is O=C(Nc1cccc(COCC(F)(F)C(F)F)c1)C1CCNC1. The first-order valence-electron chi connectivity index (χ1n) is 7.23. The van der Waals surface area contributed by atoms with Gasteiger partial charge in [0.05, 0.1) is 12.5 Å². The zero-order valence-corrected chi connectivity index (χ0v) is 12.3. The Bertz CT molecular complexity index is 534. The quantitative estimate of drug-likeness (QED) is 0.754. The summed E-state index contributed by atoms with van der Waals surface area (Å²) in [5.41, 5.74) is 1.03. The summed E-state index contributed by atoms with van der Waals surface area (Å²) in [6.07, 6.45) is -3.00. The topological polar surface area (TPSA) is 50.4 Å². The van der Waals surface area contributed by atoms with E-state index >= 15 is 0 Å². The van der Waals surface area contributed by atoms with Crippen LogP contribution in [-0.4, -0.2) is 38.0 Å². The summed E-state index contributed by atoms with van der Waals surface area (Å²) in [5, 5.41) is 5.83. The number of hydrogen-bond donors (Lipinski definition) is 2. The highest BCUT2D eigenvalue weighted by molar-refractivity contribution is 5.92. The van der Waals surface area contributed by atoms with Crippen LogP contribution < -0.4 is 10.6 Å². The largest absolute Gasteiger partial charge is 0.370 e. The summed E-state index contributed by atoms with van der Waals surface area (Å²) < 4.78 is 54.1. The summed E-state index contributed by atoms with van der Waals surface area (Å²) in [4.78, 5) is 12.0. The Morgan fingerprint density at radius 3 is 2.87 bits per heavy atom. The molecule has 128 valence electrons. The number of hydrogen-bond acceptors (Lipinski definition) is 3. The van der Waals surface area contributed by atoms with Gasteiger partial charge in [0.15, 0.2) is 0 Å². The molecule has 1 aromatic carbocycles. The fourth-order valence-corrected chi connectivity index (χ4v) is 2.23. The second kappa shape index (κ2) is 7.74. The third-order valence-electron chi connectivity index (χ3n) is 3.51. The van der Waals surface area contributed by atoms with E-state index < -0.39 is 19.0 Å². The van der Waals surface area contributed by atoms with Gasteiger partial charge in [0.1, 0.15) is 6.61 Å². The second-order valence-electron chi connectivity index (χ2n) is 5.43. The van der Waals surface area contributed by atoms with Gasteiger partial charge in [-0.2, -0.15) is 8.78 Å². The van der Waals surface area contributed by atoms with E-state index in [9.17, 15) is 22.4 Å². The molecule has 2 rings (SSSR count). The van der Waals surface area contributed by atoms with Crippen molar-refractivity contribution in [3.8, 4) is 0 Å². The van der Waals surface area contributed by atoms with E-state index in [2.05, 4.69) is 15.4 Å². The molecule has 8 heteroatoms. The molecule has 1 aliphatic rings. The zero-order chi connectivity index (χ0) is 16.9. The van der Waals surface area contributed by atoms with Crippen LogP contribution in [0.3, 0.4) is 0 Å². The third kappa shape index (κ3) is 5.18. The normalized spacial score (nSPS) is 18.4. The monoisotopic (exact) mass is 334 g/mol. The molecule has 0 aliphatic carbocycles. The molecule has 0 bridgehead atoms. The summed E-state index contributed by atoms with van der Waals surface area (Å²) in [7, 11) is 0. The number of alkyl halides is 4. The predicted octanol–water partition coefficient (Wildman–Crippen LogP) is 2.65. The average Bonchev–Trinajstić information content (AvgIpc) is 3.01. The van der Waals surface area contributed by atoms with Crippen LogP contribution in [-0.2, 0) is 16.1 Å². The van der Waals surface area contributed by atoms with Crippen LogP contribution >= 0.6 is 0 Å². The van der Waals surface area contributed by atoms with Crippen molar-refractivity contribution >= 4 is 11.6 Å². The Hall–Kier alpha value is -1.67. The fraction of sp³-hybridized carbons (Fsp3) is 0.533. The van der Waals surface area contributed by atoms with Crippen LogP contribution in [0.25, 0.3) is 0 Å². The molecule has 1 aromatic rings. The van der Waals surface area contributed by atoms with Crippen LogP contribution in [0.5, 0.6) is 0 Å². The maximum atomic E-state index is 12.7. The molecule has 1 heterocycles. The third-order valence-corrected chi connectivity index (χ3v) is 3.51. The van der Waals surface area contributed by atoms with E-state index in [1.807, 2.05) is 0 Å². The molecule has 1 amide bonds. The average molecular weight is 334 g/mol. The van der Waals surface area contributed by atoms with Gasteiger partial charge < -0.3 is 15.4 Å².